The van der Waals surface area contributed by atoms with E-state index in [2.05, 4.69) is 36.2 Å². The second-order valence-electron chi connectivity index (χ2n) is 5.57. The van der Waals surface area contributed by atoms with Crippen LogP contribution in [-0.2, 0) is 0 Å². The van der Waals surface area contributed by atoms with Crippen LogP contribution in [0.5, 0.6) is 11.5 Å². The third-order valence-corrected chi connectivity index (χ3v) is 3.78. The van der Waals surface area contributed by atoms with Crippen LogP contribution in [-0.4, -0.2) is 0 Å². The average molecular weight is 315 g/mol. The molecule has 1 atom stereocenters. The fraction of sp³-hybridized carbons (Fsp3) is 0.0909. The summed E-state index contributed by atoms with van der Waals surface area (Å²) in [6.07, 6.45) is 2.81. The monoisotopic (exact) mass is 315 g/mol. The van der Waals surface area contributed by atoms with Crippen LogP contribution in [0.3, 0.4) is 0 Å². The molecule has 0 aliphatic heterocycles. The highest BCUT2D eigenvalue weighted by atomic mass is 16.5. The molecule has 120 valence electrons. The molecule has 2 nitrogen and oxygen atoms in total. The first-order valence-corrected chi connectivity index (χ1v) is 8.10. The molecule has 24 heavy (non-hydrogen) atoms. The van der Waals surface area contributed by atoms with Crippen LogP contribution in [0, 0.1) is 0 Å². The Kier molecular flexibility index (Phi) is 5.31. The molecule has 0 unspecified atom stereocenters. The molecule has 1 N–H and O–H groups in total. The summed E-state index contributed by atoms with van der Waals surface area (Å²) < 4.78 is 5.83. The molecule has 2 heteroatoms. The van der Waals surface area contributed by atoms with Crippen molar-refractivity contribution in [1.29, 1.82) is 0 Å². The number of anilines is 1. The van der Waals surface area contributed by atoms with Gasteiger partial charge < -0.3 is 10.1 Å². The van der Waals surface area contributed by atoms with E-state index in [1.165, 1.54) is 5.56 Å². The predicted octanol–water partition coefficient (Wildman–Crippen LogP) is 6.21. The van der Waals surface area contributed by atoms with Crippen molar-refractivity contribution in [1.82, 2.24) is 0 Å². The van der Waals surface area contributed by atoms with Crippen molar-refractivity contribution >= 4 is 5.69 Å². The molecule has 3 aromatic rings. The molecule has 3 rings (SSSR count). The zero-order valence-electron chi connectivity index (χ0n) is 13.6. The second-order valence-corrected chi connectivity index (χ2v) is 5.57. The van der Waals surface area contributed by atoms with Crippen molar-refractivity contribution < 1.29 is 4.74 Å². The van der Waals surface area contributed by atoms with E-state index in [4.69, 9.17) is 4.74 Å². The number of hydrogen-bond acceptors (Lipinski definition) is 2. The molecule has 0 radical (unpaired) electrons. The normalized spacial score (nSPS) is 11.5. The van der Waals surface area contributed by atoms with Gasteiger partial charge in [0.05, 0.1) is 6.04 Å². The van der Waals surface area contributed by atoms with Crippen molar-refractivity contribution in [2.45, 2.75) is 12.5 Å². The summed E-state index contributed by atoms with van der Waals surface area (Å²) in [6.45, 7) is 3.87. The minimum absolute atomic E-state index is 0.213. The SMILES string of the molecule is C=CC[C@H](Nc1ccc(Oc2ccccc2)cc1)c1ccccc1. The molecule has 0 heterocycles. The van der Waals surface area contributed by atoms with E-state index in [0.717, 1.165) is 23.6 Å². The summed E-state index contributed by atoms with van der Waals surface area (Å²) >= 11 is 0. The van der Waals surface area contributed by atoms with Crippen LogP contribution >= 0.6 is 0 Å². The number of ether oxygens (including phenoxy) is 1. The van der Waals surface area contributed by atoms with E-state index < -0.39 is 0 Å². The van der Waals surface area contributed by atoms with Crippen LogP contribution in [0.4, 0.5) is 5.69 Å². The van der Waals surface area contributed by atoms with Crippen molar-refractivity contribution in [3.63, 3.8) is 0 Å². The zero-order valence-corrected chi connectivity index (χ0v) is 13.6. The number of rotatable bonds is 7. The van der Waals surface area contributed by atoms with Crippen molar-refractivity contribution in [2.24, 2.45) is 0 Å². The van der Waals surface area contributed by atoms with Crippen molar-refractivity contribution in [3.8, 4) is 11.5 Å². The molecule has 0 aliphatic rings. The van der Waals surface area contributed by atoms with Gasteiger partial charge in [0.2, 0.25) is 0 Å². The van der Waals surface area contributed by atoms with Crippen molar-refractivity contribution in [2.75, 3.05) is 5.32 Å². The Labute approximate surface area is 143 Å². The molecule has 0 aromatic heterocycles. The standard InChI is InChI=1S/C22H21NO/c1-2-9-22(18-10-5-3-6-11-18)23-19-14-16-21(17-15-19)24-20-12-7-4-8-13-20/h2-8,10-17,22-23H,1,9H2/t22-/m0/s1. The van der Waals surface area contributed by atoms with Crippen molar-refractivity contribution in [3.05, 3.63) is 103 Å². The first-order chi connectivity index (χ1) is 11.8. The van der Waals surface area contributed by atoms with Gasteiger partial charge in [0.25, 0.3) is 0 Å². The molecule has 0 amide bonds. The molecule has 3 aromatic carbocycles. The van der Waals surface area contributed by atoms with Crippen LogP contribution < -0.4 is 10.1 Å². The van der Waals surface area contributed by atoms with Gasteiger partial charge in [0.1, 0.15) is 11.5 Å². The lowest BCUT2D eigenvalue weighted by molar-refractivity contribution is 0.483. The average Bonchev–Trinajstić information content (AvgIpc) is 2.64. The quantitative estimate of drug-likeness (QED) is 0.523. The van der Waals surface area contributed by atoms with Gasteiger partial charge in [-0.05, 0) is 48.4 Å². The number of nitrogens with one attached hydrogen (secondary N) is 1. The Morgan fingerprint density at radius 2 is 1.38 bits per heavy atom. The number of hydrogen-bond donors (Lipinski definition) is 1. The summed E-state index contributed by atoms with van der Waals surface area (Å²) in [7, 11) is 0. The Morgan fingerprint density at radius 1 is 0.792 bits per heavy atom. The molecule has 0 bridgehead atoms. The third-order valence-electron chi connectivity index (χ3n) is 3.78. The first-order valence-electron chi connectivity index (χ1n) is 8.10. The minimum atomic E-state index is 0.213. The number of benzene rings is 3. The van der Waals surface area contributed by atoms with E-state index in [9.17, 15) is 0 Å². The molecular formula is C22H21NO. The van der Waals surface area contributed by atoms with Gasteiger partial charge in [-0.3, -0.25) is 0 Å². The Bertz CT molecular complexity index is 751. The van der Waals surface area contributed by atoms with Gasteiger partial charge in [-0.1, -0.05) is 54.6 Å². The second kappa shape index (κ2) is 8.02. The maximum absolute atomic E-state index is 5.83. The summed E-state index contributed by atoms with van der Waals surface area (Å²) in [6, 6.07) is 28.5. The van der Waals surface area contributed by atoms with E-state index in [0.29, 0.717) is 0 Å². The lowest BCUT2D eigenvalue weighted by Crippen LogP contribution is -2.09. The molecular weight excluding hydrogens is 294 g/mol. The molecule has 0 aliphatic carbocycles. The lowest BCUT2D eigenvalue weighted by Gasteiger charge is -2.19. The Balaban J connectivity index is 1.69. The van der Waals surface area contributed by atoms with Gasteiger partial charge in [-0.15, -0.1) is 6.58 Å². The van der Waals surface area contributed by atoms with Crippen LogP contribution in [0.2, 0.25) is 0 Å². The van der Waals surface area contributed by atoms with Gasteiger partial charge >= 0.3 is 0 Å². The van der Waals surface area contributed by atoms with Crippen LogP contribution in [0.1, 0.15) is 18.0 Å². The molecule has 0 saturated heterocycles. The molecule has 0 fully saturated rings. The highest BCUT2D eigenvalue weighted by Gasteiger charge is 2.09. The fourth-order valence-corrected chi connectivity index (χ4v) is 2.58. The maximum Gasteiger partial charge on any atom is 0.127 e. The smallest absolute Gasteiger partial charge is 0.127 e. The topological polar surface area (TPSA) is 21.3 Å². The third kappa shape index (κ3) is 4.26. The molecule has 0 saturated carbocycles. The number of para-hydroxylation sites is 1. The molecule has 0 spiro atoms. The highest BCUT2D eigenvalue weighted by molar-refractivity contribution is 5.49. The van der Waals surface area contributed by atoms with E-state index >= 15 is 0 Å². The summed E-state index contributed by atoms with van der Waals surface area (Å²) in [5.74, 6) is 1.67. The summed E-state index contributed by atoms with van der Waals surface area (Å²) in [5.41, 5.74) is 2.31. The minimum Gasteiger partial charge on any atom is -0.457 e. The Hall–Kier alpha value is -3.00. The predicted molar refractivity (Wildman–Crippen MR) is 101 cm³/mol. The van der Waals surface area contributed by atoms with Gasteiger partial charge in [-0.2, -0.15) is 0 Å². The summed E-state index contributed by atoms with van der Waals surface area (Å²) in [5, 5.41) is 3.56. The maximum atomic E-state index is 5.83. The van der Waals surface area contributed by atoms with Crippen LogP contribution in [0.25, 0.3) is 0 Å². The van der Waals surface area contributed by atoms with E-state index in [-0.39, 0.29) is 6.04 Å². The first kappa shape index (κ1) is 15.9. The Morgan fingerprint density at radius 3 is 2.00 bits per heavy atom. The largest absolute Gasteiger partial charge is 0.457 e. The van der Waals surface area contributed by atoms with E-state index in [1.807, 2.05) is 66.7 Å². The van der Waals surface area contributed by atoms with Crippen LogP contribution in [0.15, 0.2) is 97.6 Å². The summed E-state index contributed by atoms with van der Waals surface area (Å²) in [4.78, 5) is 0. The van der Waals surface area contributed by atoms with Gasteiger partial charge in [0.15, 0.2) is 0 Å². The lowest BCUT2D eigenvalue weighted by atomic mass is 10.0. The van der Waals surface area contributed by atoms with E-state index in [1.54, 1.807) is 0 Å². The zero-order chi connectivity index (χ0) is 16.6. The van der Waals surface area contributed by atoms with Gasteiger partial charge in [-0.25, -0.2) is 0 Å². The highest BCUT2D eigenvalue weighted by Crippen LogP contribution is 2.26. The fourth-order valence-electron chi connectivity index (χ4n) is 2.58. The van der Waals surface area contributed by atoms with Gasteiger partial charge in [0, 0.05) is 5.69 Å².